The predicted molar refractivity (Wildman–Crippen MR) is 81.1 cm³/mol. The van der Waals surface area contributed by atoms with Crippen LogP contribution in [0.3, 0.4) is 0 Å². The lowest BCUT2D eigenvalue weighted by Gasteiger charge is -2.07. The van der Waals surface area contributed by atoms with Crippen LogP contribution in [0.25, 0.3) is 0 Å². The van der Waals surface area contributed by atoms with Crippen LogP contribution in [-0.2, 0) is 6.42 Å². The van der Waals surface area contributed by atoms with E-state index in [1.807, 2.05) is 19.9 Å². The van der Waals surface area contributed by atoms with E-state index >= 15 is 0 Å². The number of hydrogen-bond acceptors (Lipinski definition) is 3. The van der Waals surface area contributed by atoms with Gasteiger partial charge >= 0.3 is 0 Å². The van der Waals surface area contributed by atoms with E-state index in [4.69, 9.17) is 17.3 Å². The summed E-state index contributed by atoms with van der Waals surface area (Å²) < 4.78 is 0. The molecule has 0 atom stereocenters. The van der Waals surface area contributed by atoms with Gasteiger partial charge in [0.2, 0.25) is 0 Å². The number of halogens is 1. The van der Waals surface area contributed by atoms with Crippen molar-refractivity contribution in [2.24, 2.45) is 0 Å². The van der Waals surface area contributed by atoms with Crippen molar-refractivity contribution in [3.63, 3.8) is 0 Å². The topological polar surface area (TPSA) is 83.8 Å². The van der Waals surface area contributed by atoms with E-state index in [1.165, 1.54) is 0 Å². The monoisotopic (exact) mass is 292 g/mol. The average molecular weight is 293 g/mol. The number of amides is 1. The molecule has 1 amide bonds. The molecule has 20 heavy (non-hydrogen) atoms. The highest BCUT2D eigenvalue weighted by Gasteiger charge is 2.17. The van der Waals surface area contributed by atoms with Crippen LogP contribution < -0.4 is 11.1 Å². The first kappa shape index (κ1) is 14.4. The minimum absolute atomic E-state index is 0.199. The van der Waals surface area contributed by atoms with Gasteiger partial charge in [0.25, 0.3) is 5.91 Å². The molecule has 0 aliphatic rings. The van der Waals surface area contributed by atoms with Crippen molar-refractivity contribution in [1.29, 1.82) is 0 Å². The highest BCUT2D eigenvalue weighted by molar-refractivity contribution is 6.34. The molecule has 0 saturated carbocycles. The van der Waals surface area contributed by atoms with Crippen LogP contribution >= 0.6 is 11.6 Å². The maximum absolute atomic E-state index is 12.2. The first-order valence-electron chi connectivity index (χ1n) is 6.43. The Morgan fingerprint density at radius 1 is 1.50 bits per heavy atom. The van der Waals surface area contributed by atoms with Gasteiger partial charge in [-0.25, -0.2) is 0 Å². The molecule has 1 aromatic heterocycles. The molecule has 6 heteroatoms. The lowest BCUT2D eigenvalue weighted by atomic mass is 10.2. The lowest BCUT2D eigenvalue weighted by Crippen LogP contribution is -2.14. The summed E-state index contributed by atoms with van der Waals surface area (Å²) in [5.74, 6) is -0.369. The third kappa shape index (κ3) is 2.93. The number of benzene rings is 1. The molecule has 0 unspecified atom stereocenters. The van der Waals surface area contributed by atoms with Crippen molar-refractivity contribution >= 4 is 28.9 Å². The van der Waals surface area contributed by atoms with Crippen molar-refractivity contribution in [1.82, 2.24) is 10.2 Å². The maximum atomic E-state index is 12.2. The molecule has 0 saturated heterocycles. The summed E-state index contributed by atoms with van der Waals surface area (Å²) in [5.41, 5.74) is 8.87. The zero-order valence-corrected chi connectivity index (χ0v) is 12.2. The fraction of sp³-hybridized carbons (Fsp3) is 0.286. The summed E-state index contributed by atoms with van der Waals surface area (Å²) in [4.78, 5) is 12.2. The summed E-state index contributed by atoms with van der Waals surface area (Å²) in [6.45, 7) is 3.96. The van der Waals surface area contributed by atoms with Crippen LogP contribution in [-0.4, -0.2) is 16.1 Å². The molecule has 0 fully saturated rings. The summed E-state index contributed by atoms with van der Waals surface area (Å²) in [5, 5.41) is 9.97. The number of nitrogen functional groups attached to an aromatic ring is 1. The molecule has 0 radical (unpaired) electrons. The Balaban J connectivity index is 2.20. The number of carbonyl (C=O) groups is 1. The number of aromatic amines is 1. The Kier molecular flexibility index (Phi) is 4.29. The molecule has 0 bridgehead atoms. The Bertz CT molecular complexity index is 636. The van der Waals surface area contributed by atoms with Crippen LogP contribution in [0, 0.1) is 6.92 Å². The number of nitrogens with zero attached hydrogens (tertiary/aromatic N) is 1. The molecule has 0 aliphatic heterocycles. The number of anilines is 2. The molecule has 106 valence electrons. The second-order valence-corrected chi connectivity index (χ2v) is 5.06. The van der Waals surface area contributed by atoms with Crippen LogP contribution in [0.2, 0.25) is 5.02 Å². The fourth-order valence-corrected chi connectivity index (χ4v) is 2.19. The standard InChI is InChI=1S/C14H17ClN4O/c1-3-4-11-12(16)13(19-18-11)14(20)17-10-6-5-8(2)7-9(10)15/h5-7H,3-4,16H2,1-2H3,(H,17,20)(H,18,19). The Morgan fingerprint density at radius 3 is 2.90 bits per heavy atom. The quantitative estimate of drug-likeness (QED) is 0.809. The molecule has 0 spiro atoms. The predicted octanol–water partition coefficient (Wildman–Crippen LogP) is 3.16. The van der Waals surface area contributed by atoms with E-state index < -0.39 is 0 Å². The van der Waals surface area contributed by atoms with E-state index in [-0.39, 0.29) is 11.6 Å². The summed E-state index contributed by atoms with van der Waals surface area (Å²) in [6.07, 6.45) is 1.69. The smallest absolute Gasteiger partial charge is 0.278 e. The minimum atomic E-state index is -0.369. The number of carbonyl (C=O) groups excluding carboxylic acids is 1. The molecule has 1 aromatic carbocycles. The van der Waals surface area contributed by atoms with Gasteiger partial charge in [0.15, 0.2) is 5.69 Å². The Hall–Kier alpha value is -2.01. The second kappa shape index (κ2) is 5.96. The number of aryl methyl sites for hydroxylation is 2. The summed E-state index contributed by atoms with van der Waals surface area (Å²) >= 11 is 6.08. The van der Waals surface area contributed by atoms with Crippen molar-refractivity contribution in [3.05, 3.63) is 40.2 Å². The minimum Gasteiger partial charge on any atom is -0.395 e. The van der Waals surface area contributed by atoms with Crippen molar-refractivity contribution < 1.29 is 4.79 Å². The van der Waals surface area contributed by atoms with E-state index in [9.17, 15) is 4.79 Å². The van der Waals surface area contributed by atoms with Crippen molar-refractivity contribution in [2.75, 3.05) is 11.1 Å². The van der Waals surface area contributed by atoms with Crippen LogP contribution in [0.5, 0.6) is 0 Å². The molecule has 2 rings (SSSR count). The summed E-state index contributed by atoms with van der Waals surface area (Å²) in [7, 11) is 0. The van der Waals surface area contributed by atoms with Crippen molar-refractivity contribution in [3.8, 4) is 0 Å². The van der Waals surface area contributed by atoms with E-state index in [2.05, 4.69) is 15.5 Å². The average Bonchev–Trinajstić information content (AvgIpc) is 2.75. The zero-order valence-electron chi connectivity index (χ0n) is 11.5. The van der Waals surface area contributed by atoms with Crippen LogP contribution in [0.15, 0.2) is 18.2 Å². The van der Waals surface area contributed by atoms with Gasteiger partial charge in [-0.05, 0) is 31.0 Å². The van der Waals surface area contributed by atoms with E-state index in [0.29, 0.717) is 16.4 Å². The van der Waals surface area contributed by atoms with Gasteiger partial charge in [0.1, 0.15) is 0 Å². The maximum Gasteiger partial charge on any atom is 0.278 e. The largest absolute Gasteiger partial charge is 0.395 e. The first-order valence-corrected chi connectivity index (χ1v) is 6.81. The molecule has 0 aliphatic carbocycles. The molecule has 4 N–H and O–H groups in total. The molecule has 1 heterocycles. The van der Waals surface area contributed by atoms with Gasteiger partial charge in [0.05, 0.1) is 22.1 Å². The fourth-order valence-electron chi connectivity index (χ4n) is 1.90. The zero-order chi connectivity index (χ0) is 14.7. The number of nitrogens with two attached hydrogens (primary N) is 1. The van der Waals surface area contributed by atoms with Gasteiger partial charge in [-0.15, -0.1) is 0 Å². The van der Waals surface area contributed by atoms with E-state index in [0.717, 1.165) is 24.1 Å². The Morgan fingerprint density at radius 2 is 2.25 bits per heavy atom. The Labute approximate surface area is 122 Å². The number of hydrogen-bond donors (Lipinski definition) is 3. The summed E-state index contributed by atoms with van der Waals surface area (Å²) in [6, 6.07) is 5.41. The molecule has 2 aromatic rings. The van der Waals surface area contributed by atoms with Crippen LogP contribution in [0.4, 0.5) is 11.4 Å². The third-order valence-electron chi connectivity index (χ3n) is 2.97. The van der Waals surface area contributed by atoms with Gasteiger partial charge in [0, 0.05) is 0 Å². The third-order valence-corrected chi connectivity index (χ3v) is 3.28. The number of rotatable bonds is 4. The van der Waals surface area contributed by atoms with Crippen molar-refractivity contribution in [2.45, 2.75) is 26.7 Å². The number of aromatic nitrogens is 2. The lowest BCUT2D eigenvalue weighted by molar-refractivity contribution is 0.102. The normalized spacial score (nSPS) is 10.6. The number of nitrogens with one attached hydrogen (secondary N) is 2. The van der Waals surface area contributed by atoms with Gasteiger partial charge < -0.3 is 11.1 Å². The van der Waals surface area contributed by atoms with Crippen LogP contribution in [0.1, 0.15) is 35.1 Å². The van der Waals surface area contributed by atoms with Gasteiger partial charge in [-0.3, -0.25) is 9.89 Å². The second-order valence-electron chi connectivity index (χ2n) is 4.65. The van der Waals surface area contributed by atoms with E-state index in [1.54, 1.807) is 12.1 Å². The SMILES string of the molecule is CCCc1[nH]nc(C(=O)Nc2ccc(C)cc2Cl)c1N. The first-order chi connectivity index (χ1) is 9.52. The highest BCUT2D eigenvalue weighted by Crippen LogP contribution is 2.24. The molecule has 5 nitrogen and oxygen atoms in total. The van der Waals surface area contributed by atoms with Gasteiger partial charge in [-0.1, -0.05) is 31.0 Å². The highest BCUT2D eigenvalue weighted by atomic mass is 35.5. The molecular formula is C14H17ClN4O. The number of H-pyrrole nitrogens is 1. The van der Waals surface area contributed by atoms with Gasteiger partial charge in [-0.2, -0.15) is 5.10 Å². The molecular weight excluding hydrogens is 276 g/mol.